The zero-order chi connectivity index (χ0) is 23.5. The van der Waals surface area contributed by atoms with E-state index in [2.05, 4.69) is 4.98 Å². The van der Waals surface area contributed by atoms with E-state index in [4.69, 9.17) is 0 Å². The molecule has 4 rings (SSSR count). The van der Waals surface area contributed by atoms with Crippen LogP contribution in [-0.4, -0.2) is 33.2 Å². The summed E-state index contributed by atoms with van der Waals surface area (Å²) in [5.74, 6) is -1.01. The highest BCUT2D eigenvalue weighted by Crippen LogP contribution is 2.23. The molecule has 168 valence electrons. The number of amides is 1. The maximum atomic E-state index is 14.3. The van der Waals surface area contributed by atoms with E-state index in [1.54, 1.807) is 62.5 Å². The van der Waals surface area contributed by atoms with Gasteiger partial charge in [-0.15, -0.1) is 0 Å². The van der Waals surface area contributed by atoms with Crippen LogP contribution in [-0.2, 0) is 11.3 Å². The first-order valence-corrected chi connectivity index (χ1v) is 11.2. The van der Waals surface area contributed by atoms with E-state index in [1.165, 1.54) is 27.7 Å². The van der Waals surface area contributed by atoms with Crippen molar-refractivity contribution in [3.63, 3.8) is 0 Å². The second-order valence-electron chi connectivity index (χ2n) is 7.65. The maximum Gasteiger partial charge on any atom is 0.266 e. The molecule has 1 heterocycles. The fourth-order valence-electron chi connectivity index (χ4n) is 3.39. The Morgan fingerprint density at radius 2 is 1.85 bits per heavy atom. The van der Waals surface area contributed by atoms with E-state index in [9.17, 15) is 18.4 Å². The number of benzene rings is 3. The van der Waals surface area contributed by atoms with Gasteiger partial charge in [0.15, 0.2) is 5.16 Å². The fourth-order valence-corrected chi connectivity index (χ4v) is 4.34. The average Bonchev–Trinajstić information content (AvgIpc) is 2.79. The number of carbonyl (C=O) groups excluding carboxylic acids is 1. The van der Waals surface area contributed by atoms with Crippen LogP contribution < -0.4 is 5.56 Å². The Kier molecular flexibility index (Phi) is 6.55. The van der Waals surface area contributed by atoms with Crippen LogP contribution in [0.1, 0.15) is 11.1 Å². The third kappa shape index (κ3) is 4.96. The molecule has 0 aliphatic heterocycles. The maximum absolute atomic E-state index is 14.3. The first-order chi connectivity index (χ1) is 15.8. The summed E-state index contributed by atoms with van der Waals surface area (Å²) >= 11 is 1.10. The molecule has 33 heavy (non-hydrogen) atoms. The molecule has 0 spiro atoms. The standard InChI is InChI=1S/C25H21F2N3O2S/c1-16-10-11-19(13-21(16)27)30-24(32)20-8-3-4-9-22(20)28-25(30)33-15-23(31)29(2)14-17-6-5-7-18(26)12-17/h3-13H,14-15H2,1-2H3. The Labute approximate surface area is 193 Å². The summed E-state index contributed by atoms with van der Waals surface area (Å²) in [4.78, 5) is 32.0. The van der Waals surface area contributed by atoms with Crippen LogP contribution in [0.4, 0.5) is 8.78 Å². The van der Waals surface area contributed by atoms with Crippen molar-refractivity contribution in [3.05, 3.63) is 99.8 Å². The zero-order valence-corrected chi connectivity index (χ0v) is 18.9. The number of nitrogens with zero attached hydrogens (tertiary/aromatic N) is 3. The summed E-state index contributed by atoms with van der Waals surface area (Å²) in [7, 11) is 1.63. The minimum absolute atomic E-state index is 0.00490. The minimum atomic E-state index is -0.436. The largest absolute Gasteiger partial charge is 0.341 e. The molecule has 0 saturated carbocycles. The Bertz CT molecular complexity index is 1400. The van der Waals surface area contributed by atoms with E-state index in [-0.39, 0.29) is 34.7 Å². The van der Waals surface area contributed by atoms with Crippen LogP contribution in [0.15, 0.2) is 76.7 Å². The monoisotopic (exact) mass is 465 g/mol. The molecule has 0 aliphatic carbocycles. The highest BCUT2D eigenvalue weighted by Gasteiger charge is 2.17. The molecule has 0 fully saturated rings. The first kappa shape index (κ1) is 22.7. The lowest BCUT2D eigenvalue weighted by molar-refractivity contribution is -0.127. The average molecular weight is 466 g/mol. The predicted molar refractivity (Wildman–Crippen MR) is 126 cm³/mol. The van der Waals surface area contributed by atoms with Crippen molar-refractivity contribution in [2.45, 2.75) is 18.6 Å². The van der Waals surface area contributed by atoms with E-state index in [0.717, 1.165) is 11.8 Å². The van der Waals surface area contributed by atoms with Crippen LogP contribution >= 0.6 is 11.8 Å². The second-order valence-corrected chi connectivity index (χ2v) is 8.60. The Morgan fingerprint density at radius 3 is 2.61 bits per heavy atom. The van der Waals surface area contributed by atoms with Gasteiger partial charge in [-0.2, -0.15) is 0 Å². The summed E-state index contributed by atoms with van der Waals surface area (Å²) in [6.45, 7) is 1.89. The van der Waals surface area contributed by atoms with Crippen molar-refractivity contribution in [2.24, 2.45) is 0 Å². The Morgan fingerprint density at radius 1 is 1.06 bits per heavy atom. The number of para-hydroxylation sites is 1. The number of halogens is 2. The molecule has 1 amide bonds. The third-order valence-corrected chi connectivity index (χ3v) is 6.14. The molecule has 0 unspecified atom stereocenters. The lowest BCUT2D eigenvalue weighted by Crippen LogP contribution is -2.28. The van der Waals surface area contributed by atoms with E-state index in [1.807, 2.05) is 0 Å². The van der Waals surface area contributed by atoms with E-state index < -0.39 is 5.82 Å². The van der Waals surface area contributed by atoms with Crippen LogP contribution in [0.25, 0.3) is 16.6 Å². The number of aryl methyl sites for hydroxylation is 1. The molecule has 0 bridgehead atoms. The molecule has 4 aromatic rings. The summed E-state index contributed by atoms with van der Waals surface area (Å²) in [6.07, 6.45) is 0. The van der Waals surface area contributed by atoms with Gasteiger partial charge in [-0.05, 0) is 54.4 Å². The summed E-state index contributed by atoms with van der Waals surface area (Å²) in [5.41, 5.74) is 1.63. The van der Waals surface area contributed by atoms with Gasteiger partial charge in [0.05, 0.1) is 22.3 Å². The van der Waals surface area contributed by atoms with Gasteiger partial charge in [0, 0.05) is 13.6 Å². The van der Waals surface area contributed by atoms with Gasteiger partial charge in [0.1, 0.15) is 11.6 Å². The van der Waals surface area contributed by atoms with Gasteiger partial charge in [0.2, 0.25) is 5.91 Å². The Hall–Kier alpha value is -3.52. The van der Waals surface area contributed by atoms with Gasteiger partial charge in [-0.1, -0.05) is 42.1 Å². The minimum Gasteiger partial charge on any atom is -0.341 e. The quantitative estimate of drug-likeness (QED) is 0.305. The number of thioether (sulfide) groups is 1. The van der Waals surface area contributed by atoms with Crippen molar-refractivity contribution in [1.29, 1.82) is 0 Å². The number of hydrogen-bond acceptors (Lipinski definition) is 4. The Balaban J connectivity index is 1.64. The lowest BCUT2D eigenvalue weighted by Gasteiger charge is -2.18. The number of aromatic nitrogens is 2. The van der Waals surface area contributed by atoms with Gasteiger partial charge in [-0.25, -0.2) is 13.8 Å². The molecule has 0 atom stereocenters. The smallest absolute Gasteiger partial charge is 0.266 e. The van der Waals surface area contributed by atoms with Crippen molar-refractivity contribution >= 4 is 28.6 Å². The number of rotatable bonds is 6. The summed E-state index contributed by atoms with van der Waals surface area (Å²) < 4.78 is 29.0. The molecule has 3 aromatic carbocycles. The van der Waals surface area contributed by atoms with E-state index >= 15 is 0 Å². The second kappa shape index (κ2) is 9.54. The van der Waals surface area contributed by atoms with Crippen LogP contribution in [0.5, 0.6) is 0 Å². The lowest BCUT2D eigenvalue weighted by atomic mass is 10.2. The molecule has 0 aliphatic rings. The highest BCUT2D eigenvalue weighted by molar-refractivity contribution is 7.99. The molecule has 1 aromatic heterocycles. The summed E-state index contributed by atoms with van der Waals surface area (Å²) in [5, 5.41) is 0.687. The SMILES string of the molecule is Cc1ccc(-n2c(SCC(=O)N(C)Cc3cccc(F)c3)nc3ccccc3c2=O)cc1F. The molecule has 0 saturated heterocycles. The molecule has 0 radical (unpaired) electrons. The van der Waals surface area contributed by atoms with Crippen molar-refractivity contribution in [2.75, 3.05) is 12.8 Å². The molecular weight excluding hydrogens is 444 g/mol. The molecule has 5 nitrogen and oxygen atoms in total. The molecular formula is C25H21F2N3O2S. The van der Waals surface area contributed by atoms with Crippen LogP contribution in [0.3, 0.4) is 0 Å². The normalized spacial score (nSPS) is 11.0. The first-order valence-electron chi connectivity index (χ1n) is 10.2. The highest BCUT2D eigenvalue weighted by atomic mass is 32.2. The van der Waals surface area contributed by atoms with Crippen LogP contribution in [0.2, 0.25) is 0 Å². The topological polar surface area (TPSA) is 55.2 Å². The van der Waals surface area contributed by atoms with Gasteiger partial charge in [-0.3, -0.25) is 14.2 Å². The molecule has 8 heteroatoms. The van der Waals surface area contributed by atoms with Gasteiger partial charge < -0.3 is 4.90 Å². The zero-order valence-electron chi connectivity index (χ0n) is 18.1. The van der Waals surface area contributed by atoms with Gasteiger partial charge in [0.25, 0.3) is 5.56 Å². The van der Waals surface area contributed by atoms with Gasteiger partial charge >= 0.3 is 0 Å². The third-order valence-electron chi connectivity index (χ3n) is 5.22. The van der Waals surface area contributed by atoms with Crippen LogP contribution in [0, 0.1) is 18.6 Å². The number of hydrogen-bond donors (Lipinski definition) is 0. The fraction of sp³-hybridized carbons (Fsp3) is 0.160. The number of fused-ring (bicyclic) bond motifs is 1. The van der Waals surface area contributed by atoms with Crippen molar-refractivity contribution in [3.8, 4) is 5.69 Å². The number of carbonyl (C=O) groups is 1. The summed E-state index contributed by atoms with van der Waals surface area (Å²) in [6, 6.07) is 17.5. The van der Waals surface area contributed by atoms with Crippen molar-refractivity contribution in [1.82, 2.24) is 14.5 Å². The molecule has 0 N–H and O–H groups in total. The van der Waals surface area contributed by atoms with E-state index in [0.29, 0.717) is 27.7 Å². The predicted octanol–water partition coefficient (Wildman–Crippen LogP) is 4.72. The van der Waals surface area contributed by atoms with Crippen molar-refractivity contribution < 1.29 is 13.6 Å².